The fraction of sp³-hybridized carbons (Fsp3) is 0.519. The predicted molar refractivity (Wildman–Crippen MR) is 141 cm³/mol. The minimum Gasteiger partial charge on any atom is -0.378 e. The van der Waals surface area contributed by atoms with Gasteiger partial charge in [0.2, 0.25) is 0 Å². The number of nitrogens with zero attached hydrogens (tertiary/aromatic N) is 7. The Morgan fingerprint density at radius 3 is 2.66 bits per heavy atom. The summed E-state index contributed by atoms with van der Waals surface area (Å²) in [5.74, 6) is 0.959. The average Bonchev–Trinajstić information content (AvgIpc) is 3.48. The van der Waals surface area contributed by atoms with E-state index in [9.17, 15) is 9.65 Å². The molecule has 0 radical (unpaired) electrons. The minimum absolute atomic E-state index is 0.000607. The van der Waals surface area contributed by atoms with Crippen molar-refractivity contribution in [1.82, 2.24) is 19.5 Å². The third-order valence-electron chi connectivity index (χ3n) is 7.97. The number of halogens is 1. The van der Waals surface area contributed by atoms with Crippen LogP contribution in [0.2, 0.25) is 0 Å². The van der Waals surface area contributed by atoms with Crippen LogP contribution < -0.4 is 15.5 Å². The lowest BCUT2D eigenvalue weighted by atomic mass is 9.92. The first-order valence-electron chi connectivity index (χ1n) is 13.1. The van der Waals surface area contributed by atoms with Gasteiger partial charge in [-0.2, -0.15) is 10.4 Å². The van der Waals surface area contributed by atoms with Crippen LogP contribution in [-0.4, -0.2) is 96.8 Å². The maximum absolute atomic E-state index is 14.6. The number of methoxy groups -OCH3 is 1. The molecule has 0 amide bonds. The van der Waals surface area contributed by atoms with Gasteiger partial charge in [-0.1, -0.05) is 6.07 Å². The van der Waals surface area contributed by atoms with Gasteiger partial charge in [-0.3, -0.25) is 4.90 Å². The van der Waals surface area contributed by atoms with Crippen molar-refractivity contribution in [2.45, 2.75) is 37.2 Å². The predicted octanol–water partition coefficient (Wildman–Crippen LogP) is 1.60. The number of anilines is 2. The van der Waals surface area contributed by atoms with Crippen molar-refractivity contribution < 1.29 is 13.9 Å². The van der Waals surface area contributed by atoms with Crippen LogP contribution >= 0.6 is 0 Å². The van der Waals surface area contributed by atoms with Crippen LogP contribution in [0.5, 0.6) is 0 Å². The van der Waals surface area contributed by atoms with E-state index in [1.807, 2.05) is 19.2 Å². The van der Waals surface area contributed by atoms with E-state index in [0.29, 0.717) is 30.2 Å². The van der Waals surface area contributed by atoms with Gasteiger partial charge in [0.1, 0.15) is 23.1 Å². The van der Waals surface area contributed by atoms with Crippen LogP contribution in [0, 0.1) is 17.1 Å². The number of nitriles is 1. The summed E-state index contributed by atoms with van der Waals surface area (Å²) in [7, 11) is 1.70. The highest BCUT2D eigenvalue weighted by molar-refractivity contribution is 5.74. The molecule has 0 saturated carbocycles. The van der Waals surface area contributed by atoms with Gasteiger partial charge in [-0.15, -0.1) is 0 Å². The Morgan fingerprint density at radius 1 is 1.11 bits per heavy atom. The zero-order valence-electron chi connectivity index (χ0n) is 21.7. The van der Waals surface area contributed by atoms with E-state index >= 15 is 0 Å². The van der Waals surface area contributed by atoms with Crippen LogP contribution in [0.3, 0.4) is 0 Å². The first-order valence-corrected chi connectivity index (χ1v) is 13.1. The van der Waals surface area contributed by atoms with Crippen molar-refractivity contribution in [3.63, 3.8) is 0 Å². The second kappa shape index (κ2) is 10.1. The molecule has 4 atom stereocenters. The Morgan fingerprint density at radius 2 is 1.95 bits per heavy atom. The third kappa shape index (κ3) is 4.58. The highest BCUT2D eigenvalue weighted by Gasteiger charge is 2.35. The van der Waals surface area contributed by atoms with Crippen molar-refractivity contribution >= 4 is 17.0 Å². The van der Waals surface area contributed by atoms with E-state index in [2.05, 4.69) is 38.0 Å². The second-order valence-electron chi connectivity index (χ2n) is 10.7. The Kier molecular flexibility index (Phi) is 6.65. The molecule has 200 valence electrons. The molecule has 0 unspecified atom stereocenters. The molecule has 10 nitrogen and oxygen atoms in total. The average molecular weight is 521 g/mol. The third-order valence-corrected chi connectivity index (χ3v) is 7.97. The van der Waals surface area contributed by atoms with E-state index in [1.165, 1.54) is 16.3 Å². The molecule has 3 aliphatic heterocycles. The van der Waals surface area contributed by atoms with Crippen molar-refractivity contribution in [2.24, 2.45) is 5.73 Å². The van der Waals surface area contributed by atoms with Gasteiger partial charge in [0.05, 0.1) is 36.2 Å². The number of likely N-dealkylation sites (tertiary alicyclic amines) is 1. The van der Waals surface area contributed by atoms with Crippen LogP contribution in [0.4, 0.5) is 15.9 Å². The Labute approximate surface area is 221 Å². The molecule has 11 heteroatoms. The van der Waals surface area contributed by atoms with E-state index < -0.39 is 5.82 Å². The van der Waals surface area contributed by atoms with E-state index in [0.717, 1.165) is 44.2 Å². The lowest BCUT2D eigenvalue weighted by molar-refractivity contribution is -0.0435. The molecule has 38 heavy (non-hydrogen) atoms. The summed E-state index contributed by atoms with van der Waals surface area (Å²) in [4.78, 5) is 11.4. The molecule has 2 N–H and O–H groups in total. The van der Waals surface area contributed by atoms with Gasteiger partial charge < -0.3 is 25.0 Å². The Hall–Kier alpha value is -3.30. The van der Waals surface area contributed by atoms with Crippen molar-refractivity contribution in [2.75, 3.05) is 62.7 Å². The fourth-order valence-corrected chi connectivity index (χ4v) is 6.01. The largest absolute Gasteiger partial charge is 0.378 e. The number of ether oxygens (including phenoxy) is 2. The summed E-state index contributed by atoms with van der Waals surface area (Å²) in [6.07, 6.45) is 3.19. The first kappa shape index (κ1) is 25.0. The number of fused-ring (bicyclic) bond motifs is 1. The lowest BCUT2D eigenvalue weighted by Crippen LogP contribution is -2.55. The van der Waals surface area contributed by atoms with Crippen molar-refractivity contribution in [3.8, 4) is 6.07 Å². The van der Waals surface area contributed by atoms with Gasteiger partial charge in [0, 0.05) is 65.0 Å². The quantitative estimate of drug-likeness (QED) is 0.518. The molecule has 0 aliphatic carbocycles. The van der Waals surface area contributed by atoms with Gasteiger partial charge in [0.15, 0.2) is 5.82 Å². The number of pyridine rings is 2. The molecular formula is C27H33FN8O2. The molecule has 3 aromatic rings. The lowest BCUT2D eigenvalue weighted by Gasteiger charge is -2.45. The summed E-state index contributed by atoms with van der Waals surface area (Å²) in [5, 5.41) is 13.4. The van der Waals surface area contributed by atoms with Crippen molar-refractivity contribution in [1.29, 1.82) is 5.26 Å². The van der Waals surface area contributed by atoms with E-state index in [-0.39, 0.29) is 24.4 Å². The maximum Gasteiger partial charge on any atom is 0.171 e. The van der Waals surface area contributed by atoms with Crippen molar-refractivity contribution in [3.05, 3.63) is 53.7 Å². The molecule has 3 aliphatic rings. The highest BCUT2D eigenvalue weighted by atomic mass is 19.1. The number of hydrogen-bond donors (Lipinski definition) is 1. The number of hydrogen-bond acceptors (Lipinski definition) is 9. The van der Waals surface area contributed by atoms with Crippen LogP contribution in [0.1, 0.15) is 24.1 Å². The summed E-state index contributed by atoms with van der Waals surface area (Å²) < 4.78 is 27.7. The molecule has 6 heterocycles. The Bertz CT molecular complexity index is 1340. The maximum atomic E-state index is 14.6. The molecule has 6 rings (SSSR count). The van der Waals surface area contributed by atoms with Gasteiger partial charge in [0.25, 0.3) is 0 Å². The monoisotopic (exact) mass is 520 g/mol. The zero-order chi connectivity index (χ0) is 26.4. The molecule has 3 fully saturated rings. The van der Waals surface area contributed by atoms with E-state index in [4.69, 9.17) is 20.2 Å². The number of aromatic nitrogens is 3. The Balaban J connectivity index is 1.07. The van der Waals surface area contributed by atoms with Crippen LogP contribution in [0.25, 0.3) is 5.52 Å². The number of rotatable bonds is 6. The smallest absolute Gasteiger partial charge is 0.171 e. The molecule has 0 spiro atoms. The normalized spacial score (nSPS) is 26.6. The standard InChI is InChI=1S/C27H33FN8O2/c1-17-10-34(24-5-4-20(7-29)36-27(24)22(28)9-32-36)14-21(38-17)13-33-11-19(12-33)18-3-6-26(31-8-18)35-15-23(30)25(16-35)37-2/h3-6,8-9,17,19,21,23,25H,10-16,30H2,1-2H3/t17-,21+,23-,25-/m1/s1. The summed E-state index contributed by atoms with van der Waals surface area (Å²) in [6.45, 7) is 7.56. The molecule has 3 aromatic heterocycles. The molecule has 0 bridgehead atoms. The minimum atomic E-state index is -0.427. The first-order chi connectivity index (χ1) is 18.4. The van der Waals surface area contributed by atoms with E-state index in [1.54, 1.807) is 13.2 Å². The SMILES string of the molecule is CO[C@@H]1CN(c2ccc(C3CN(C[C@H]4CN(c5ccc(C#N)n6ncc(F)c56)C[C@@H](C)O4)C3)cn2)C[C@H]1N. The topological polar surface area (TPSA) is 108 Å². The van der Waals surface area contributed by atoms with Crippen LogP contribution in [0.15, 0.2) is 36.7 Å². The van der Waals surface area contributed by atoms with Gasteiger partial charge in [-0.25, -0.2) is 13.9 Å². The van der Waals surface area contributed by atoms with Gasteiger partial charge in [-0.05, 0) is 30.7 Å². The van der Waals surface area contributed by atoms with Gasteiger partial charge >= 0.3 is 0 Å². The number of morpholine rings is 1. The highest BCUT2D eigenvalue weighted by Crippen LogP contribution is 2.31. The fourth-order valence-electron chi connectivity index (χ4n) is 6.01. The molecular weight excluding hydrogens is 487 g/mol. The zero-order valence-corrected chi connectivity index (χ0v) is 21.7. The molecule has 0 aromatic carbocycles. The van der Waals surface area contributed by atoms with Crippen LogP contribution in [-0.2, 0) is 9.47 Å². The molecule has 3 saturated heterocycles. The summed E-state index contributed by atoms with van der Waals surface area (Å²) >= 11 is 0. The summed E-state index contributed by atoms with van der Waals surface area (Å²) in [6, 6.07) is 9.85. The second-order valence-corrected chi connectivity index (χ2v) is 10.7. The number of nitrogens with two attached hydrogens (primary N) is 1. The summed E-state index contributed by atoms with van der Waals surface area (Å²) in [5.41, 5.74) is 8.79.